The molecule has 1 aliphatic rings. The minimum Gasteiger partial charge on any atom is -0.497 e. The highest BCUT2D eigenvalue weighted by atomic mass is 16.5. The van der Waals surface area contributed by atoms with Gasteiger partial charge >= 0.3 is 0 Å². The van der Waals surface area contributed by atoms with Crippen LogP contribution < -0.4 is 10.1 Å². The molecule has 144 valence electrons. The molecule has 1 aromatic carbocycles. The van der Waals surface area contributed by atoms with E-state index in [2.05, 4.69) is 5.32 Å². The van der Waals surface area contributed by atoms with Crippen LogP contribution in [0.1, 0.15) is 39.2 Å². The van der Waals surface area contributed by atoms with Crippen molar-refractivity contribution < 1.29 is 19.1 Å². The Morgan fingerprint density at radius 3 is 2.50 bits per heavy atom. The van der Waals surface area contributed by atoms with Crippen molar-refractivity contribution in [3.05, 3.63) is 29.8 Å². The van der Waals surface area contributed by atoms with Gasteiger partial charge in [-0.05, 0) is 37.5 Å². The van der Waals surface area contributed by atoms with Crippen molar-refractivity contribution in [2.24, 2.45) is 5.92 Å². The van der Waals surface area contributed by atoms with Gasteiger partial charge in [0.2, 0.25) is 11.8 Å². The van der Waals surface area contributed by atoms with E-state index in [4.69, 9.17) is 9.47 Å². The number of carbonyl (C=O) groups excluding carboxylic acids is 2. The van der Waals surface area contributed by atoms with E-state index in [1.54, 1.807) is 18.9 Å². The molecule has 6 nitrogen and oxygen atoms in total. The third-order valence-electron chi connectivity index (χ3n) is 4.66. The molecule has 26 heavy (non-hydrogen) atoms. The first-order valence-electron chi connectivity index (χ1n) is 9.25. The summed E-state index contributed by atoms with van der Waals surface area (Å²) < 4.78 is 10.7. The Bertz CT molecular complexity index is 594. The first-order valence-corrected chi connectivity index (χ1v) is 9.25. The monoisotopic (exact) mass is 362 g/mol. The quantitative estimate of drug-likeness (QED) is 0.771. The van der Waals surface area contributed by atoms with Gasteiger partial charge in [-0.2, -0.15) is 0 Å². The number of nitrogens with one attached hydrogen (secondary N) is 1. The zero-order chi connectivity index (χ0) is 19.1. The number of carbonyl (C=O) groups is 2. The number of hydrogen-bond acceptors (Lipinski definition) is 4. The minimum absolute atomic E-state index is 0.0411. The van der Waals surface area contributed by atoms with Gasteiger partial charge in [0, 0.05) is 25.6 Å². The van der Waals surface area contributed by atoms with Crippen molar-refractivity contribution in [2.75, 3.05) is 20.3 Å². The lowest BCUT2D eigenvalue weighted by atomic mass is 10.1. The maximum absolute atomic E-state index is 12.7. The van der Waals surface area contributed by atoms with Crippen LogP contribution in [-0.4, -0.2) is 49.1 Å². The van der Waals surface area contributed by atoms with Crippen molar-refractivity contribution in [2.45, 2.75) is 52.3 Å². The van der Waals surface area contributed by atoms with Gasteiger partial charge < -0.3 is 19.7 Å². The van der Waals surface area contributed by atoms with E-state index >= 15 is 0 Å². The van der Waals surface area contributed by atoms with Crippen LogP contribution in [-0.2, 0) is 20.9 Å². The third kappa shape index (κ3) is 5.46. The topological polar surface area (TPSA) is 67.9 Å². The van der Waals surface area contributed by atoms with Crippen LogP contribution in [0, 0.1) is 5.92 Å². The summed E-state index contributed by atoms with van der Waals surface area (Å²) in [4.78, 5) is 26.9. The lowest BCUT2D eigenvalue weighted by Gasteiger charge is -2.30. The summed E-state index contributed by atoms with van der Waals surface area (Å²) in [7, 11) is 1.62. The predicted octanol–water partition coefficient (Wildman–Crippen LogP) is 2.36. The van der Waals surface area contributed by atoms with Gasteiger partial charge in [0.15, 0.2) is 0 Å². The van der Waals surface area contributed by atoms with E-state index in [-0.39, 0.29) is 23.8 Å². The van der Waals surface area contributed by atoms with Gasteiger partial charge in [-0.3, -0.25) is 9.59 Å². The van der Waals surface area contributed by atoms with Crippen LogP contribution in [0.5, 0.6) is 5.75 Å². The highest BCUT2D eigenvalue weighted by molar-refractivity contribution is 5.88. The van der Waals surface area contributed by atoms with Crippen LogP contribution in [0.3, 0.4) is 0 Å². The first kappa shape index (κ1) is 20.2. The van der Waals surface area contributed by atoms with Gasteiger partial charge in [0.25, 0.3) is 0 Å². The summed E-state index contributed by atoms with van der Waals surface area (Å²) in [5, 5.41) is 2.92. The van der Waals surface area contributed by atoms with Crippen LogP contribution in [0.25, 0.3) is 0 Å². The number of benzene rings is 1. The molecule has 0 saturated carbocycles. The zero-order valence-electron chi connectivity index (χ0n) is 16.2. The molecule has 6 heteroatoms. The fourth-order valence-electron chi connectivity index (χ4n) is 2.97. The average molecular weight is 362 g/mol. The molecule has 1 aliphatic heterocycles. The molecule has 0 aromatic heterocycles. The maximum Gasteiger partial charge on any atom is 0.242 e. The molecule has 1 heterocycles. The molecule has 0 radical (unpaired) electrons. The van der Waals surface area contributed by atoms with Gasteiger partial charge in [0.1, 0.15) is 11.8 Å². The van der Waals surface area contributed by atoms with E-state index < -0.39 is 6.04 Å². The average Bonchev–Trinajstić information content (AvgIpc) is 3.17. The van der Waals surface area contributed by atoms with Gasteiger partial charge in [-0.25, -0.2) is 0 Å². The molecule has 2 rings (SSSR count). The lowest BCUT2D eigenvalue weighted by molar-refractivity contribution is -0.143. The molecule has 1 N–H and O–H groups in total. The highest BCUT2D eigenvalue weighted by Gasteiger charge is 2.28. The summed E-state index contributed by atoms with van der Waals surface area (Å²) in [6.07, 6.45) is 2.09. The summed E-state index contributed by atoms with van der Waals surface area (Å²) in [6.45, 7) is 7.10. The fraction of sp³-hybridized carbons (Fsp3) is 0.600. The van der Waals surface area contributed by atoms with E-state index in [0.717, 1.165) is 30.8 Å². The molecule has 2 amide bonds. The normalized spacial score (nSPS) is 17.8. The second-order valence-electron chi connectivity index (χ2n) is 7.03. The number of rotatable bonds is 8. The molecule has 0 bridgehead atoms. The second kappa shape index (κ2) is 9.57. The van der Waals surface area contributed by atoms with Gasteiger partial charge in [-0.15, -0.1) is 0 Å². The van der Waals surface area contributed by atoms with Crippen LogP contribution in [0.15, 0.2) is 24.3 Å². The first-order chi connectivity index (χ1) is 12.4. The number of hydrogen-bond donors (Lipinski definition) is 1. The standard InChI is InChI=1S/C20H30N2O4/c1-14(2)20(24)22(13-16-7-9-17(25-4)10-8-16)15(3)19(23)21-12-18-6-5-11-26-18/h7-10,14-15,18H,5-6,11-13H2,1-4H3,(H,21,23)/t15-,18-/m1/s1. The van der Waals surface area contributed by atoms with Crippen molar-refractivity contribution >= 4 is 11.8 Å². The van der Waals surface area contributed by atoms with E-state index in [9.17, 15) is 9.59 Å². The minimum atomic E-state index is -0.548. The molecule has 0 spiro atoms. The van der Waals surface area contributed by atoms with Crippen molar-refractivity contribution in [1.29, 1.82) is 0 Å². The number of nitrogens with zero attached hydrogens (tertiary/aromatic N) is 1. The Kier molecular flexibility index (Phi) is 7.45. The van der Waals surface area contributed by atoms with Crippen molar-refractivity contribution in [3.8, 4) is 5.75 Å². The highest BCUT2D eigenvalue weighted by Crippen LogP contribution is 2.17. The molecule has 0 unspecified atom stereocenters. The Morgan fingerprint density at radius 1 is 1.27 bits per heavy atom. The summed E-state index contributed by atoms with van der Waals surface area (Å²) in [5.74, 6) is 0.392. The maximum atomic E-state index is 12.7. The Labute approximate surface area is 155 Å². The molecule has 1 saturated heterocycles. The number of methoxy groups -OCH3 is 1. The molecule has 0 aliphatic carbocycles. The van der Waals surface area contributed by atoms with E-state index in [1.807, 2.05) is 38.1 Å². The summed E-state index contributed by atoms with van der Waals surface area (Å²) in [5.41, 5.74) is 0.957. The zero-order valence-corrected chi connectivity index (χ0v) is 16.2. The Balaban J connectivity index is 2.03. The van der Waals surface area contributed by atoms with Crippen molar-refractivity contribution in [1.82, 2.24) is 10.2 Å². The largest absolute Gasteiger partial charge is 0.497 e. The van der Waals surface area contributed by atoms with E-state index in [1.165, 1.54) is 0 Å². The lowest BCUT2D eigenvalue weighted by Crippen LogP contribution is -2.50. The van der Waals surface area contributed by atoms with E-state index in [0.29, 0.717) is 13.1 Å². The summed E-state index contributed by atoms with van der Waals surface area (Å²) >= 11 is 0. The van der Waals surface area contributed by atoms with Crippen LogP contribution >= 0.6 is 0 Å². The molecule has 1 aromatic rings. The smallest absolute Gasteiger partial charge is 0.242 e. The fourth-order valence-corrected chi connectivity index (χ4v) is 2.97. The Morgan fingerprint density at radius 2 is 1.96 bits per heavy atom. The van der Waals surface area contributed by atoms with Gasteiger partial charge in [-0.1, -0.05) is 26.0 Å². The van der Waals surface area contributed by atoms with Crippen LogP contribution in [0.4, 0.5) is 0 Å². The Hall–Kier alpha value is -2.08. The van der Waals surface area contributed by atoms with Crippen molar-refractivity contribution in [3.63, 3.8) is 0 Å². The van der Waals surface area contributed by atoms with Crippen LogP contribution in [0.2, 0.25) is 0 Å². The summed E-state index contributed by atoms with van der Waals surface area (Å²) in [6, 6.07) is 6.99. The third-order valence-corrected chi connectivity index (χ3v) is 4.66. The second-order valence-corrected chi connectivity index (χ2v) is 7.03. The van der Waals surface area contributed by atoms with Gasteiger partial charge in [0.05, 0.1) is 13.2 Å². The molecular formula is C20H30N2O4. The number of amides is 2. The number of ether oxygens (including phenoxy) is 2. The molecule has 1 fully saturated rings. The predicted molar refractivity (Wildman–Crippen MR) is 99.8 cm³/mol. The SMILES string of the molecule is COc1ccc(CN(C(=O)C(C)C)[C@H](C)C(=O)NC[C@H]2CCCO2)cc1. The molecular weight excluding hydrogens is 332 g/mol. The molecule has 2 atom stereocenters.